The highest BCUT2D eigenvalue weighted by Gasteiger charge is 2.29. The second kappa shape index (κ2) is 11.1. The Bertz CT molecular complexity index is 978. The van der Waals surface area contributed by atoms with Crippen LogP contribution in [0, 0.1) is 0 Å². The van der Waals surface area contributed by atoms with Crippen molar-refractivity contribution in [2.24, 2.45) is 0 Å². The normalized spacial score (nSPS) is 14.1. The Balaban J connectivity index is 1.73. The maximum absolute atomic E-state index is 12.7. The molecule has 0 saturated carbocycles. The van der Waals surface area contributed by atoms with Crippen LogP contribution in [0.3, 0.4) is 0 Å². The number of hydrogen-bond donors (Lipinski definition) is 1. The van der Waals surface area contributed by atoms with Gasteiger partial charge in [0.15, 0.2) is 6.61 Å². The highest BCUT2D eigenvalue weighted by Crippen LogP contribution is 2.24. The van der Waals surface area contributed by atoms with Crippen LogP contribution in [-0.2, 0) is 22.5 Å². The molecule has 1 fully saturated rings. The molecule has 1 N–H and O–H groups in total. The maximum Gasteiger partial charge on any atom is 0.422 e. The van der Waals surface area contributed by atoms with E-state index in [4.69, 9.17) is 9.47 Å². The highest BCUT2D eigenvalue weighted by molar-refractivity contribution is 5.94. The van der Waals surface area contributed by atoms with Crippen LogP contribution in [0.15, 0.2) is 30.5 Å². The van der Waals surface area contributed by atoms with Gasteiger partial charge in [-0.15, -0.1) is 0 Å². The van der Waals surface area contributed by atoms with Crippen molar-refractivity contribution in [2.45, 2.75) is 32.5 Å². The Morgan fingerprint density at radius 2 is 1.97 bits per heavy atom. The number of nitrogens with zero attached hydrogens (tertiary/aromatic N) is 3. The third-order valence-corrected chi connectivity index (χ3v) is 4.92. The van der Waals surface area contributed by atoms with Crippen LogP contribution < -0.4 is 15.0 Å². The number of pyridine rings is 2. The number of rotatable bonds is 9. The van der Waals surface area contributed by atoms with Gasteiger partial charge in [-0.1, -0.05) is 6.92 Å². The van der Waals surface area contributed by atoms with Crippen LogP contribution in [0.1, 0.15) is 35.0 Å². The predicted octanol–water partition coefficient (Wildman–Crippen LogP) is 2.71. The summed E-state index contributed by atoms with van der Waals surface area (Å²) >= 11 is 0. The van der Waals surface area contributed by atoms with E-state index in [0.29, 0.717) is 55.4 Å². The molecular weight excluding hydrogens is 441 g/mol. The summed E-state index contributed by atoms with van der Waals surface area (Å²) in [6.07, 6.45) is -2.46. The molecule has 0 aromatic carbocycles. The molecule has 8 nitrogen and oxygen atoms in total. The zero-order chi connectivity index (χ0) is 23.8. The average molecular weight is 466 g/mol. The SMILES string of the molecule is CCC(=O)Cc1cc(C(=O)NCc2ccc(OCC(F)(F)F)nc2N2CCOCC2)ccn1. The Morgan fingerprint density at radius 3 is 2.67 bits per heavy atom. The number of carbonyl (C=O) groups excluding carboxylic acids is 2. The van der Waals surface area contributed by atoms with E-state index in [2.05, 4.69) is 15.3 Å². The summed E-state index contributed by atoms with van der Waals surface area (Å²) < 4.78 is 47.7. The van der Waals surface area contributed by atoms with E-state index in [1.807, 2.05) is 4.90 Å². The molecule has 0 unspecified atom stereocenters. The molecule has 11 heteroatoms. The van der Waals surface area contributed by atoms with Crippen molar-refractivity contribution in [1.82, 2.24) is 15.3 Å². The van der Waals surface area contributed by atoms with Gasteiger partial charge in [-0.05, 0) is 18.2 Å². The summed E-state index contributed by atoms with van der Waals surface area (Å²) in [4.78, 5) is 34.6. The van der Waals surface area contributed by atoms with Crippen LogP contribution in [0.25, 0.3) is 0 Å². The molecule has 1 amide bonds. The molecule has 2 aromatic heterocycles. The number of ketones is 1. The molecule has 0 radical (unpaired) electrons. The lowest BCUT2D eigenvalue weighted by Gasteiger charge is -2.29. The average Bonchev–Trinajstić information content (AvgIpc) is 2.81. The second-order valence-corrected chi connectivity index (χ2v) is 7.42. The minimum atomic E-state index is -4.47. The van der Waals surface area contributed by atoms with E-state index in [-0.39, 0.29) is 30.5 Å². The lowest BCUT2D eigenvalue weighted by Crippen LogP contribution is -2.38. The van der Waals surface area contributed by atoms with Crippen LogP contribution >= 0.6 is 0 Å². The molecule has 1 aliphatic heterocycles. The van der Waals surface area contributed by atoms with Crippen molar-refractivity contribution < 1.29 is 32.2 Å². The summed E-state index contributed by atoms with van der Waals surface area (Å²) in [5, 5.41) is 2.79. The van der Waals surface area contributed by atoms with Crippen molar-refractivity contribution in [3.05, 3.63) is 47.3 Å². The first-order valence-corrected chi connectivity index (χ1v) is 10.5. The zero-order valence-corrected chi connectivity index (χ0v) is 18.2. The van der Waals surface area contributed by atoms with E-state index in [1.165, 1.54) is 12.3 Å². The maximum atomic E-state index is 12.7. The summed E-state index contributed by atoms with van der Waals surface area (Å²) in [5.74, 6) is -0.0625. The Hall–Kier alpha value is -3.21. The Morgan fingerprint density at radius 1 is 1.21 bits per heavy atom. The van der Waals surface area contributed by atoms with E-state index >= 15 is 0 Å². The van der Waals surface area contributed by atoms with Crippen molar-refractivity contribution in [2.75, 3.05) is 37.8 Å². The fourth-order valence-electron chi connectivity index (χ4n) is 3.20. The third kappa shape index (κ3) is 7.41. The molecule has 1 saturated heterocycles. The number of alkyl halides is 3. The zero-order valence-electron chi connectivity index (χ0n) is 18.2. The van der Waals surface area contributed by atoms with Gasteiger partial charge in [-0.2, -0.15) is 18.2 Å². The van der Waals surface area contributed by atoms with Crippen LogP contribution in [0.4, 0.5) is 19.0 Å². The summed E-state index contributed by atoms with van der Waals surface area (Å²) in [6, 6.07) is 6.04. The first-order valence-electron chi connectivity index (χ1n) is 10.5. The van der Waals surface area contributed by atoms with Crippen LogP contribution in [0.2, 0.25) is 0 Å². The van der Waals surface area contributed by atoms with Gasteiger partial charge in [0.2, 0.25) is 5.88 Å². The summed E-state index contributed by atoms with van der Waals surface area (Å²) in [6.45, 7) is 2.35. The van der Waals surface area contributed by atoms with Gasteiger partial charge in [0.1, 0.15) is 11.6 Å². The molecule has 2 aromatic rings. The number of hydrogen-bond acceptors (Lipinski definition) is 7. The fraction of sp³-hybridized carbons (Fsp3) is 0.455. The van der Waals surface area contributed by atoms with Gasteiger partial charge < -0.3 is 19.7 Å². The molecule has 0 bridgehead atoms. The van der Waals surface area contributed by atoms with Crippen molar-refractivity contribution in [3.63, 3.8) is 0 Å². The molecule has 178 valence electrons. The van der Waals surface area contributed by atoms with Crippen molar-refractivity contribution >= 4 is 17.5 Å². The number of amides is 1. The molecule has 1 aliphatic rings. The molecule has 3 rings (SSSR count). The quantitative estimate of drug-likeness (QED) is 0.607. The lowest BCUT2D eigenvalue weighted by atomic mass is 10.1. The topological polar surface area (TPSA) is 93.7 Å². The number of halogens is 3. The van der Waals surface area contributed by atoms with Gasteiger partial charge in [-0.3, -0.25) is 14.6 Å². The standard InChI is InChI=1S/C22H25F3N4O4/c1-2-18(30)12-17-11-15(5-6-26-17)21(31)27-13-16-3-4-19(33-14-22(23,24)25)28-20(16)29-7-9-32-10-8-29/h3-6,11H,2,7-10,12-14H2,1H3,(H,27,31). The fourth-order valence-corrected chi connectivity index (χ4v) is 3.20. The van der Waals surface area contributed by atoms with E-state index < -0.39 is 12.8 Å². The van der Waals surface area contributed by atoms with E-state index in [1.54, 1.807) is 25.1 Å². The Labute approximate surface area is 189 Å². The number of ether oxygens (including phenoxy) is 2. The largest absolute Gasteiger partial charge is 0.468 e. The van der Waals surface area contributed by atoms with E-state index in [0.717, 1.165) is 0 Å². The number of anilines is 1. The monoisotopic (exact) mass is 466 g/mol. The second-order valence-electron chi connectivity index (χ2n) is 7.42. The number of aromatic nitrogens is 2. The Kier molecular flexibility index (Phi) is 8.21. The first kappa shape index (κ1) is 24.4. The van der Waals surface area contributed by atoms with E-state index in [9.17, 15) is 22.8 Å². The molecule has 0 spiro atoms. The number of carbonyl (C=O) groups is 2. The number of Topliss-reactive ketones (excluding diaryl/α,β-unsaturated/α-hetero) is 1. The first-order chi connectivity index (χ1) is 15.7. The molecule has 0 aliphatic carbocycles. The van der Waals surface area contributed by atoms with Crippen molar-refractivity contribution in [1.29, 1.82) is 0 Å². The van der Waals surface area contributed by atoms with Gasteiger partial charge in [0, 0.05) is 61.6 Å². The summed E-state index contributed by atoms with van der Waals surface area (Å²) in [5.41, 5.74) is 1.49. The lowest BCUT2D eigenvalue weighted by molar-refractivity contribution is -0.154. The molecule has 33 heavy (non-hydrogen) atoms. The van der Waals surface area contributed by atoms with Gasteiger partial charge >= 0.3 is 6.18 Å². The molecular formula is C22H25F3N4O4. The predicted molar refractivity (Wildman–Crippen MR) is 113 cm³/mol. The minimum Gasteiger partial charge on any atom is -0.468 e. The van der Waals surface area contributed by atoms with Crippen LogP contribution in [-0.4, -0.2) is 60.7 Å². The summed E-state index contributed by atoms with van der Waals surface area (Å²) in [7, 11) is 0. The molecule has 3 heterocycles. The third-order valence-electron chi connectivity index (χ3n) is 4.92. The molecule has 0 atom stereocenters. The minimum absolute atomic E-state index is 0.0223. The highest BCUT2D eigenvalue weighted by atomic mass is 19.4. The number of nitrogens with one attached hydrogen (secondary N) is 1. The van der Waals surface area contributed by atoms with Gasteiger partial charge in [-0.25, -0.2) is 0 Å². The van der Waals surface area contributed by atoms with Crippen molar-refractivity contribution in [3.8, 4) is 5.88 Å². The number of morpholine rings is 1. The smallest absolute Gasteiger partial charge is 0.422 e. The van der Waals surface area contributed by atoms with Gasteiger partial charge in [0.05, 0.1) is 13.2 Å². The van der Waals surface area contributed by atoms with Crippen LogP contribution in [0.5, 0.6) is 5.88 Å². The van der Waals surface area contributed by atoms with Gasteiger partial charge in [0.25, 0.3) is 5.91 Å².